The maximum Gasteiger partial charge on any atom is 0.458 e. The Morgan fingerprint density at radius 2 is 1.80 bits per heavy atom. The second kappa shape index (κ2) is 5.97. The SMILES string of the molecule is COP(=O)(OC)N1OCC=C1c1ccc(N(C)C)cc1. The van der Waals surface area contributed by atoms with Crippen LogP contribution in [0.25, 0.3) is 5.70 Å². The number of benzene rings is 1. The summed E-state index contributed by atoms with van der Waals surface area (Å²) in [4.78, 5) is 8.59. The molecule has 0 aromatic heterocycles. The van der Waals surface area contributed by atoms with E-state index in [9.17, 15) is 4.57 Å². The lowest BCUT2D eigenvalue weighted by Gasteiger charge is -2.26. The van der Waals surface area contributed by atoms with Gasteiger partial charge < -0.3 is 4.90 Å². The van der Waals surface area contributed by atoms with Crippen LogP contribution < -0.4 is 4.90 Å². The molecule has 6 nitrogen and oxygen atoms in total. The number of hydrogen-bond donors (Lipinski definition) is 0. The van der Waals surface area contributed by atoms with E-state index in [0.29, 0.717) is 12.3 Å². The van der Waals surface area contributed by atoms with Crippen molar-refractivity contribution in [3.63, 3.8) is 0 Å². The zero-order valence-electron chi connectivity index (χ0n) is 12.1. The first-order valence-corrected chi connectivity index (χ1v) is 7.64. The molecule has 0 radical (unpaired) electrons. The third kappa shape index (κ3) is 2.74. The molecule has 0 fully saturated rings. The van der Waals surface area contributed by atoms with Gasteiger partial charge in [-0.2, -0.15) is 4.83 Å². The summed E-state index contributed by atoms with van der Waals surface area (Å²) in [6.07, 6.45) is 1.84. The fourth-order valence-electron chi connectivity index (χ4n) is 1.92. The van der Waals surface area contributed by atoms with Gasteiger partial charge in [0.25, 0.3) is 0 Å². The van der Waals surface area contributed by atoms with E-state index >= 15 is 0 Å². The predicted octanol–water partition coefficient (Wildman–Crippen LogP) is 2.74. The first kappa shape index (κ1) is 15.1. The molecule has 0 spiro atoms. The molecule has 0 amide bonds. The molecule has 7 heteroatoms. The van der Waals surface area contributed by atoms with Gasteiger partial charge in [0.1, 0.15) is 0 Å². The lowest BCUT2D eigenvalue weighted by atomic mass is 10.1. The smallest absolute Gasteiger partial charge is 0.378 e. The van der Waals surface area contributed by atoms with Crippen LogP contribution in [0.3, 0.4) is 0 Å². The number of nitrogens with zero attached hydrogens (tertiary/aromatic N) is 2. The van der Waals surface area contributed by atoms with Crippen molar-refractivity contribution >= 4 is 19.1 Å². The highest BCUT2D eigenvalue weighted by molar-refractivity contribution is 7.51. The van der Waals surface area contributed by atoms with E-state index in [4.69, 9.17) is 13.9 Å². The third-order valence-electron chi connectivity index (χ3n) is 3.04. The van der Waals surface area contributed by atoms with Gasteiger partial charge in [0, 0.05) is 39.6 Å². The van der Waals surface area contributed by atoms with E-state index in [1.54, 1.807) is 0 Å². The molecule has 1 aliphatic heterocycles. The maximum absolute atomic E-state index is 12.4. The largest absolute Gasteiger partial charge is 0.458 e. The van der Waals surface area contributed by atoms with Crippen molar-refractivity contribution in [1.82, 2.24) is 4.83 Å². The molecule has 20 heavy (non-hydrogen) atoms. The Morgan fingerprint density at radius 3 is 2.30 bits per heavy atom. The van der Waals surface area contributed by atoms with Gasteiger partial charge in [-0.1, -0.05) is 12.1 Å². The van der Waals surface area contributed by atoms with Crippen molar-refractivity contribution in [2.75, 3.05) is 39.8 Å². The van der Waals surface area contributed by atoms with Crippen LogP contribution in [0.1, 0.15) is 5.56 Å². The third-order valence-corrected chi connectivity index (χ3v) is 4.74. The molecule has 0 atom stereocenters. The number of anilines is 1. The molecular formula is C13H19N2O4P. The van der Waals surface area contributed by atoms with Crippen molar-refractivity contribution < 1.29 is 18.5 Å². The average Bonchev–Trinajstić information content (AvgIpc) is 2.96. The summed E-state index contributed by atoms with van der Waals surface area (Å²) in [5.41, 5.74) is 2.66. The molecule has 1 aromatic carbocycles. The van der Waals surface area contributed by atoms with Gasteiger partial charge in [0.05, 0.1) is 12.3 Å². The minimum atomic E-state index is -3.45. The van der Waals surface area contributed by atoms with Crippen molar-refractivity contribution in [2.24, 2.45) is 0 Å². The van der Waals surface area contributed by atoms with Crippen LogP contribution in [-0.2, 0) is 18.5 Å². The molecule has 1 heterocycles. The lowest BCUT2D eigenvalue weighted by Crippen LogP contribution is -2.17. The van der Waals surface area contributed by atoms with E-state index in [1.807, 2.05) is 49.3 Å². The molecule has 0 aliphatic carbocycles. The number of rotatable bonds is 5. The number of hydrogen-bond acceptors (Lipinski definition) is 5. The van der Waals surface area contributed by atoms with Crippen molar-refractivity contribution in [2.45, 2.75) is 0 Å². The minimum Gasteiger partial charge on any atom is -0.378 e. The Hall–Kier alpha value is -1.33. The summed E-state index contributed by atoms with van der Waals surface area (Å²) in [6.45, 7) is 0.335. The van der Waals surface area contributed by atoms with Gasteiger partial charge in [-0.15, -0.1) is 0 Å². The molecule has 0 saturated heterocycles. The zero-order valence-corrected chi connectivity index (χ0v) is 13.0. The summed E-state index contributed by atoms with van der Waals surface area (Å²) in [7, 11) is 3.17. The van der Waals surface area contributed by atoms with Crippen LogP contribution in [0.4, 0.5) is 5.69 Å². The summed E-state index contributed by atoms with van der Waals surface area (Å²) >= 11 is 0. The molecule has 0 bridgehead atoms. The molecule has 110 valence electrons. The molecular weight excluding hydrogens is 279 g/mol. The Labute approximate surface area is 119 Å². The second-order valence-corrected chi connectivity index (χ2v) is 6.46. The maximum atomic E-state index is 12.4. The normalized spacial score (nSPS) is 15.4. The van der Waals surface area contributed by atoms with Crippen LogP contribution in [0.2, 0.25) is 0 Å². The topological polar surface area (TPSA) is 51.2 Å². The van der Waals surface area contributed by atoms with Crippen LogP contribution in [0.5, 0.6) is 0 Å². The van der Waals surface area contributed by atoms with Gasteiger partial charge in [-0.3, -0.25) is 13.9 Å². The Bertz CT molecular complexity index is 534. The van der Waals surface area contributed by atoms with Gasteiger partial charge in [-0.05, 0) is 18.2 Å². The molecule has 0 saturated carbocycles. The first-order valence-electron chi connectivity index (χ1n) is 6.15. The monoisotopic (exact) mass is 298 g/mol. The van der Waals surface area contributed by atoms with Crippen LogP contribution >= 0.6 is 7.75 Å². The molecule has 0 N–H and O–H groups in total. The van der Waals surface area contributed by atoms with Gasteiger partial charge in [0.15, 0.2) is 0 Å². The molecule has 1 aliphatic rings. The van der Waals surface area contributed by atoms with Gasteiger partial charge >= 0.3 is 7.75 Å². The quantitative estimate of drug-likeness (QED) is 0.779. The van der Waals surface area contributed by atoms with E-state index in [2.05, 4.69) is 0 Å². The van der Waals surface area contributed by atoms with Crippen molar-refractivity contribution in [3.05, 3.63) is 35.9 Å². The second-order valence-electron chi connectivity index (χ2n) is 4.43. The number of hydroxylamine groups is 1. The Balaban J connectivity index is 2.29. The first-order chi connectivity index (χ1) is 9.51. The summed E-state index contributed by atoms with van der Waals surface area (Å²) in [6, 6.07) is 7.85. The standard InChI is InChI=1S/C13H19N2O4P/c1-14(2)12-7-5-11(6-8-12)13-9-10-19-15(13)20(16,17-3)18-4/h5-9H,10H2,1-4H3. The van der Waals surface area contributed by atoms with E-state index in [0.717, 1.165) is 11.3 Å². The highest BCUT2D eigenvalue weighted by atomic mass is 31.2. The summed E-state index contributed by atoms with van der Waals surface area (Å²) in [5, 5.41) is 0. The van der Waals surface area contributed by atoms with Crippen LogP contribution in [-0.4, -0.2) is 39.8 Å². The highest BCUT2D eigenvalue weighted by Gasteiger charge is 2.37. The Morgan fingerprint density at radius 1 is 1.20 bits per heavy atom. The minimum absolute atomic E-state index is 0.335. The predicted molar refractivity (Wildman–Crippen MR) is 78.2 cm³/mol. The van der Waals surface area contributed by atoms with Gasteiger partial charge in [0.2, 0.25) is 0 Å². The van der Waals surface area contributed by atoms with E-state index in [1.165, 1.54) is 19.1 Å². The summed E-state index contributed by atoms with van der Waals surface area (Å²) in [5.74, 6) is 0. The zero-order chi connectivity index (χ0) is 14.8. The van der Waals surface area contributed by atoms with Gasteiger partial charge in [-0.25, -0.2) is 4.57 Å². The highest BCUT2D eigenvalue weighted by Crippen LogP contribution is 2.55. The van der Waals surface area contributed by atoms with Crippen molar-refractivity contribution in [3.8, 4) is 0 Å². The molecule has 1 aromatic rings. The molecule has 2 rings (SSSR count). The van der Waals surface area contributed by atoms with Crippen LogP contribution in [0, 0.1) is 0 Å². The molecule has 0 unspecified atom stereocenters. The lowest BCUT2D eigenvalue weighted by molar-refractivity contribution is -0.0325. The fourth-order valence-corrected chi connectivity index (χ4v) is 3.03. The Kier molecular flexibility index (Phi) is 4.50. The van der Waals surface area contributed by atoms with Crippen LogP contribution in [0.15, 0.2) is 30.3 Å². The fraction of sp³-hybridized carbons (Fsp3) is 0.385. The van der Waals surface area contributed by atoms with E-state index < -0.39 is 7.75 Å². The van der Waals surface area contributed by atoms with E-state index in [-0.39, 0.29) is 0 Å². The summed E-state index contributed by atoms with van der Waals surface area (Å²) < 4.78 is 22.4. The average molecular weight is 298 g/mol. The van der Waals surface area contributed by atoms with Crippen molar-refractivity contribution in [1.29, 1.82) is 0 Å².